The van der Waals surface area contributed by atoms with Crippen LogP contribution in [0, 0.1) is 0 Å². The SMILES string of the molecule is CC(=O)N[C@H]1CCCCC(=O)CC[C@@H](C(=O)N2CCC[C@H]2C(=O)N2CCC[C@H]2C(C)=O)NC(=O)[C@H](Cc2c[nH]c3ccccc23)NC(=O)[C@H](CCCN=C(N)N)NC(=O)[C@@H](Cc2ccccc2)NC(=O)[C@H](CC2=CCC=N2)NC1=O. The van der Waals surface area contributed by atoms with E-state index in [1.165, 1.54) is 23.6 Å². The molecule has 23 nitrogen and oxygen atoms in total. The van der Waals surface area contributed by atoms with Gasteiger partial charge in [-0.05, 0) is 81.9 Å². The van der Waals surface area contributed by atoms with Gasteiger partial charge in [-0.25, -0.2) is 0 Å². The molecule has 3 fully saturated rings. The van der Waals surface area contributed by atoms with Crippen molar-refractivity contribution in [3.05, 3.63) is 83.7 Å². The number of aliphatic imine (C=N–C) groups is 2. The second-order valence-corrected chi connectivity index (χ2v) is 21.0. The van der Waals surface area contributed by atoms with Gasteiger partial charge in [-0.1, -0.05) is 61.0 Å². The predicted octanol–water partition coefficient (Wildman–Crippen LogP) is 1.18. The number of carbonyl (C=O) groups excluding carboxylic acids is 10. The quantitative estimate of drug-likeness (QED) is 0.0625. The van der Waals surface area contributed by atoms with E-state index in [1.807, 2.05) is 24.3 Å². The summed E-state index contributed by atoms with van der Waals surface area (Å²) in [6.07, 6.45) is 7.73. The van der Waals surface area contributed by atoms with E-state index in [4.69, 9.17) is 11.5 Å². The van der Waals surface area contributed by atoms with E-state index < -0.39 is 89.7 Å². The first-order valence-corrected chi connectivity index (χ1v) is 27.7. The molecular formula is C57H75N13O10. The summed E-state index contributed by atoms with van der Waals surface area (Å²) >= 11 is 0. The van der Waals surface area contributed by atoms with Crippen molar-refractivity contribution in [3.8, 4) is 0 Å². The van der Waals surface area contributed by atoms with E-state index in [9.17, 15) is 43.2 Å². The average molecular weight is 1100 g/mol. The zero-order chi connectivity index (χ0) is 57.3. The smallest absolute Gasteiger partial charge is 0.245 e. The Morgan fingerprint density at radius 1 is 0.662 bits per heavy atom. The molecule has 7 rings (SSSR count). The lowest BCUT2D eigenvalue weighted by Crippen LogP contribution is -2.60. The third-order valence-electron chi connectivity index (χ3n) is 15.0. The number of nitrogens with one attached hydrogen (secondary N) is 7. The highest BCUT2D eigenvalue weighted by atomic mass is 16.2. The third-order valence-corrected chi connectivity index (χ3v) is 15.0. The fourth-order valence-corrected chi connectivity index (χ4v) is 10.9. The zero-order valence-corrected chi connectivity index (χ0v) is 45.5. The number of Topliss-reactive ketones (excluding diaryl/α,β-unsaturated/α-hetero) is 2. The molecule has 1 aromatic heterocycles. The van der Waals surface area contributed by atoms with Crippen LogP contribution in [0.2, 0.25) is 0 Å². The summed E-state index contributed by atoms with van der Waals surface area (Å²) in [7, 11) is 0. The number of nitrogens with zero attached hydrogens (tertiary/aromatic N) is 4. The van der Waals surface area contributed by atoms with Crippen LogP contribution in [0.3, 0.4) is 0 Å². The predicted molar refractivity (Wildman–Crippen MR) is 298 cm³/mol. The Kier molecular flexibility index (Phi) is 21.2. The molecule has 3 aromatic rings. The summed E-state index contributed by atoms with van der Waals surface area (Å²) in [5.41, 5.74) is 13.8. The summed E-state index contributed by atoms with van der Waals surface area (Å²) in [4.78, 5) is 156. The van der Waals surface area contributed by atoms with E-state index >= 15 is 4.79 Å². The van der Waals surface area contributed by atoms with E-state index in [2.05, 4.69) is 46.9 Å². The number of likely N-dealkylation sites (tertiary alicyclic amines) is 2. The van der Waals surface area contributed by atoms with Crippen LogP contribution < -0.4 is 43.4 Å². The molecule has 0 aliphatic carbocycles. The molecule has 80 heavy (non-hydrogen) atoms. The Bertz CT molecular complexity index is 2860. The van der Waals surface area contributed by atoms with Gasteiger partial charge in [0.2, 0.25) is 47.3 Å². The van der Waals surface area contributed by atoms with Gasteiger partial charge < -0.3 is 58.2 Å². The molecule has 0 radical (unpaired) electrons. The number of para-hydroxylation sites is 1. The first-order chi connectivity index (χ1) is 38.4. The van der Waals surface area contributed by atoms with Crippen molar-refractivity contribution in [2.24, 2.45) is 21.5 Å². The number of hydrogen-bond donors (Lipinski definition) is 9. The lowest BCUT2D eigenvalue weighted by Gasteiger charge is -2.33. The number of allylic oxidation sites excluding steroid dienone is 1. The third kappa shape index (κ3) is 16.4. The fourth-order valence-electron chi connectivity index (χ4n) is 10.9. The number of H-pyrrole nitrogens is 1. The van der Waals surface area contributed by atoms with Crippen LogP contribution in [-0.2, 0) is 60.8 Å². The maximum atomic E-state index is 15.1. The summed E-state index contributed by atoms with van der Waals surface area (Å²) in [6.45, 7) is 3.27. The van der Waals surface area contributed by atoms with Gasteiger partial charge >= 0.3 is 0 Å². The van der Waals surface area contributed by atoms with Gasteiger partial charge in [0.15, 0.2) is 11.7 Å². The van der Waals surface area contributed by atoms with Crippen LogP contribution in [0.25, 0.3) is 10.9 Å². The largest absolute Gasteiger partial charge is 0.370 e. The van der Waals surface area contributed by atoms with Gasteiger partial charge in [0.1, 0.15) is 48.1 Å². The van der Waals surface area contributed by atoms with Crippen molar-refractivity contribution >= 4 is 81.9 Å². The standard InChI is InChI=1S/C57H75N13O10/c1-34(71)48-22-12-28-69(48)56(80)49-23-13-29-70(49)55(79)44-25-24-39(73)17-6-8-20-42(63-35(2)72)50(74)68-47(32-38-16-10-26-60-38)54(78)66-45(30-36-14-4-3-5-15-36)52(76)64-43(21-11-27-61-57(58)59)51(75)67-46(53(77)65-44)31-37-33-62-41-19-9-7-18-40(37)41/h3-5,7,9,14-16,18-19,26,33,42-49,62H,6,8,10-13,17,20-25,27-32H2,1-2H3,(H,63,72)(H,64,76)(H,65,77)(H,66,78)(H,67,75)(H,68,74)(H4,58,59,61)/t42-,43-,44-,45+,46-,47-,48-,49-/m0/s1. The van der Waals surface area contributed by atoms with Crippen LogP contribution in [0.15, 0.2) is 82.6 Å². The molecule has 5 heterocycles. The van der Waals surface area contributed by atoms with E-state index in [-0.39, 0.29) is 107 Å². The van der Waals surface area contributed by atoms with Crippen molar-refractivity contribution in [2.45, 2.75) is 165 Å². The van der Waals surface area contributed by atoms with Gasteiger partial charge in [-0.15, -0.1) is 0 Å². The zero-order valence-electron chi connectivity index (χ0n) is 45.5. The molecular weight excluding hydrogens is 1030 g/mol. The fraction of sp³-hybridized carbons (Fsp3) is 0.509. The average Bonchev–Trinajstić information content (AvgIpc) is 4.30. The molecule has 23 heteroatoms. The number of aromatic amines is 1. The number of hydrogen-bond acceptors (Lipinski definition) is 12. The van der Waals surface area contributed by atoms with Crippen molar-refractivity contribution in [2.75, 3.05) is 19.6 Å². The molecule has 4 aliphatic rings. The molecule has 8 amide bonds. The topological polar surface area (TPSA) is 342 Å². The number of fused-ring (bicyclic) bond motifs is 1. The lowest BCUT2D eigenvalue weighted by atomic mass is 10.00. The molecule has 0 spiro atoms. The van der Waals surface area contributed by atoms with E-state index in [0.29, 0.717) is 55.5 Å². The van der Waals surface area contributed by atoms with Crippen molar-refractivity contribution in [1.29, 1.82) is 0 Å². The molecule has 8 atom stereocenters. The number of benzene rings is 2. The van der Waals surface area contributed by atoms with E-state index in [1.54, 1.807) is 48.8 Å². The maximum Gasteiger partial charge on any atom is 0.245 e. The Morgan fingerprint density at radius 2 is 1.29 bits per heavy atom. The lowest BCUT2D eigenvalue weighted by molar-refractivity contribution is -0.147. The molecule has 2 aromatic carbocycles. The number of rotatable bonds is 14. The number of ketones is 2. The highest BCUT2D eigenvalue weighted by molar-refractivity contribution is 5.99. The minimum atomic E-state index is -1.41. The van der Waals surface area contributed by atoms with Gasteiger partial charge in [0.25, 0.3) is 0 Å². The van der Waals surface area contributed by atoms with Crippen LogP contribution >= 0.6 is 0 Å². The van der Waals surface area contributed by atoms with Crippen LogP contribution in [-0.4, -0.2) is 154 Å². The molecule has 428 valence electrons. The normalized spacial score (nSPS) is 24.9. The first kappa shape index (κ1) is 59.4. The minimum absolute atomic E-state index is 0.0142. The number of amides is 8. The summed E-state index contributed by atoms with van der Waals surface area (Å²) in [6, 6.07) is 6.73. The number of carbonyl (C=O) groups is 10. The minimum Gasteiger partial charge on any atom is -0.370 e. The van der Waals surface area contributed by atoms with Crippen LogP contribution in [0.5, 0.6) is 0 Å². The monoisotopic (exact) mass is 1100 g/mol. The molecule has 0 saturated carbocycles. The van der Waals surface area contributed by atoms with Crippen LogP contribution in [0.4, 0.5) is 0 Å². The highest BCUT2D eigenvalue weighted by Crippen LogP contribution is 2.27. The summed E-state index contributed by atoms with van der Waals surface area (Å²) in [5, 5.41) is 17.6. The summed E-state index contributed by atoms with van der Waals surface area (Å²) in [5.74, 6) is -5.93. The van der Waals surface area contributed by atoms with E-state index in [0.717, 1.165) is 10.9 Å². The van der Waals surface area contributed by atoms with Gasteiger partial charge in [-0.3, -0.25) is 57.9 Å². The van der Waals surface area contributed by atoms with Crippen LogP contribution in [0.1, 0.15) is 115 Å². The highest BCUT2D eigenvalue weighted by Gasteiger charge is 2.44. The molecule has 11 N–H and O–H groups in total. The Balaban J connectivity index is 1.26. The second-order valence-electron chi connectivity index (χ2n) is 21.0. The molecule has 0 bridgehead atoms. The number of aromatic nitrogens is 1. The Labute approximate surface area is 464 Å². The second kappa shape index (κ2) is 28.6. The van der Waals surface area contributed by atoms with Gasteiger partial charge in [0, 0.05) is 94.1 Å². The molecule has 3 saturated heterocycles. The Morgan fingerprint density at radius 3 is 1.98 bits per heavy atom. The molecule has 0 unspecified atom stereocenters. The number of nitrogens with two attached hydrogens (primary N) is 2. The van der Waals surface area contributed by atoms with Crippen molar-refractivity contribution < 1.29 is 47.9 Å². The van der Waals surface area contributed by atoms with Gasteiger partial charge in [0.05, 0.1) is 6.04 Å². The maximum absolute atomic E-state index is 15.1. The Hall–Kier alpha value is -8.24. The van der Waals surface area contributed by atoms with Crippen molar-refractivity contribution in [3.63, 3.8) is 0 Å². The number of guanidine groups is 1. The van der Waals surface area contributed by atoms with Crippen molar-refractivity contribution in [1.82, 2.24) is 46.7 Å². The first-order valence-electron chi connectivity index (χ1n) is 27.7. The summed E-state index contributed by atoms with van der Waals surface area (Å²) < 4.78 is 0. The molecule has 4 aliphatic heterocycles. The van der Waals surface area contributed by atoms with Gasteiger partial charge in [-0.2, -0.15) is 0 Å².